The molecule has 104 valence electrons. The van der Waals surface area contributed by atoms with E-state index < -0.39 is 0 Å². The van der Waals surface area contributed by atoms with E-state index >= 15 is 0 Å². The van der Waals surface area contributed by atoms with Gasteiger partial charge in [-0.2, -0.15) is 0 Å². The summed E-state index contributed by atoms with van der Waals surface area (Å²) in [5, 5.41) is 4.70. The molecule has 0 bridgehead atoms. The molecule has 0 fully saturated rings. The average Bonchev–Trinajstić information content (AvgIpc) is 2.48. The Labute approximate surface area is 119 Å². The predicted molar refractivity (Wildman–Crippen MR) is 78.3 cm³/mol. The van der Waals surface area contributed by atoms with Gasteiger partial charge in [-0.1, -0.05) is 71.8 Å². The molecule has 2 aromatic carbocycles. The van der Waals surface area contributed by atoms with Crippen LogP contribution in [0.25, 0.3) is 5.57 Å². The Bertz CT molecular complexity index is 532. The zero-order chi connectivity index (χ0) is 14.2. The molecule has 3 nitrogen and oxygen atoms in total. The lowest BCUT2D eigenvalue weighted by Crippen LogP contribution is -1.98. The number of hydrogen-bond acceptors (Lipinski definition) is 3. The number of allylic oxidation sites excluding steroid dienone is 1. The van der Waals surface area contributed by atoms with Crippen molar-refractivity contribution in [3.8, 4) is 0 Å². The van der Waals surface area contributed by atoms with Gasteiger partial charge in [0.1, 0.15) is 13.2 Å². The summed E-state index contributed by atoms with van der Waals surface area (Å²) in [5.41, 5.74) is 4.20. The van der Waals surface area contributed by atoms with Gasteiger partial charge in [0.05, 0.1) is 0 Å². The van der Waals surface area contributed by atoms with Crippen LogP contribution in [0.3, 0.4) is 0 Å². The molecule has 0 aliphatic heterocycles. The molecule has 0 heterocycles. The summed E-state index contributed by atoms with van der Waals surface area (Å²) in [5.74, 6) is 0. The second-order valence-corrected chi connectivity index (χ2v) is 4.56. The van der Waals surface area contributed by atoms with E-state index in [-0.39, 0.29) is 0 Å². The number of benzene rings is 2. The minimum absolute atomic E-state index is 0.339. The minimum Gasteiger partial charge on any atom is -0.201 e. The Morgan fingerprint density at radius 2 is 1.40 bits per heavy atom. The van der Waals surface area contributed by atoms with E-state index in [9.17, 15) is 0 Å². The highest BCUT2D eigenvalue weighted by molar-refractivity contribution is 5.61. The summed E-state index contributed by atoms with van der Waals surface area (Å²) in [6.07, 6.45) is 0. The van der Waals surface area contributed by atoms with Crippen molar-refractivity contribution >= 4 is 5.57 Å². The van der Waals surface area contributed by atoms with Crippen LogP contribution in [0, 0.1) is 0 Å². The highest BCUT2D eigenvalue weighted by Crippen LogP contribution is 2.13. The van der Waals surface area contributed by atoms with Crippen LogP contribution in [0.1, 0.15) is 23.6 Å². The second kappa shape index (κ2) is 7.60. The maximum Gasteiger partial charge on any atom is 0.110 e. The van der Waals surface area contributed by atoms with Gasteiger partial charge in [0.15, 0.2) is 0 Å². The molecule has 0 saturated heterocycles. The molecule has 0 unspecified atom stereocenters. The second-order valence-electron chi connectivity index (χ2n) is 4.56. The van der Waals surface area contributed by atoms with Crippen LogP contribution in [0.4, 0.5) is 0 Å². The quantitative estimate of drug-likeness (QED) is 0.426. The summed E-state index contributed by atoms with van der Waals surface area (Å²) in [6, 6.07) is 17.7. The Kier molecular flexibility index (Phi) is 5.50. The normalized spacial score (nSPS) is 10.4. The molecule has 0 radical (unpaired) electrons. The highest BCUT2D eigenvalue weighted by Gasteiger charge is 1.97. The number of hydrogen-bond donors (Lipinski definition) is 0. The van der Waals surface area contributed by atoms with Gasteiger partial charge in [0, 0.05) is 0 Å². The fourth-order valence-corrected chi connectivity index (χ4v) is 1.68. The first-order valence-corrected chi connectivity index (χ1v) is 6.45. The van der Waals surface area contributed by atoms with Gasteiger partial charge in [0.25, 0.3) is 0 Å². The summed E-state index contributed by atoms with van der Waals surface area (Å²) < 4.78 is 0. The fraction of sp³-hybridized carbons (Fsp3) is 0.176. The maximum atomic E-state index is 5.00. The Balaban J connectivity index is 1.67. The van der Waals surface area contributed by atoms with E-state index in [0.29, 0.717) is 13.2 Å². The lowest BCUT2D eigenvalue weighted by molar-refractivity contribution is -0.523. The van der Waals surface area contributed by atoms with E-state index in [1.807, 2.05) is 61.5 Å². The van der Waals surface area contributed by atoms with E-state index in [1.54, 1.807) is 0 Å². The van der Waals surface area contributed by atoms with Crippen molar-refractivity contribution in [2.45, 2.75) is 20.1 Å². The SMILES string of the molecule is C=C(C)c1ccc(COOOCc2ccccc2)cc1. The Hall–Kier alpha value is -1.94. The van der Waals surface area contributed by atoms with Crippen molar-refractivity contribution in [2.24, 2.45) is 0 Å². The Morgan fingerprint density at radius 1 is 0.850 bits per heavy atom. The summed E-state index contributed by atoms with van der Waals surface area (Å²) in [6.45, 7) is 6.57. The molecular formula is C17H18O3. The molecule has 0 atom stereocenters. The van der Waals surface area contributed by atoms with Crippen molar-refractivity contribution in [1.29, 1.82) is 0 Å². The van der Waals surface area contributed by atoms with E-state index in [4.69, 9.17) is 14.8 Å². The van der Waals surface area contributed by atoms with Gasteiger partial charge >= 0.3 is 0 Å². The molecule has 0 N–H and O–H groups in total. The standard InChI is InChI=1S/C17H18O3/c1-14(2)17-10-8-16(9-11-17)13-19-20-18-12-15-6-4-3-5-7-15/h3-11H,1,12-13H2,2H3. The van der Waals surface area contributed by atoms with E-state index in [0.717, 1.165) is 22.3 Å². The van der Waals surface area contributed by atoms with Crippen LogP contribution >= 0.6 is 0 Å². The molecule has 0 amide bonds. The van der Waals surface area contributed by atoms with Crippen molar-refractivity contribution in [3.05, 3.63) is 77.9 Å². The van der Waals surface area contributed by atoms with Crippen LogP contribution in [0.15, 0.2) is 61.2 Å². The van der Waals surface area contributed by atoms with E-state index in [2.05, 4.69) is 6.58 Å². The topological polar surface area (TPSA) is 27.7 Å². The van der Waals surface area contributed by atoms with Gasteiger partial charge in [-0.3, -0.25) is 0 Å². The summed E-state index contributed by atoms with van der Waals surface area (Å²) in [4.78, 5) is 9.96. The largest absolute Gasteiger partial charge is 0.201 e. The Morgan fingerprint density at radius 3 is 1.95 bits per heavy atom. The van der Waals surface area contributed by atoms with Crippen molar-refractivity contribution in [2.75, 3.05) is 0 Å². The van der Waals surface area contributed by atoms with E-state index in [1.165, 1.54) is 0 Å². The van der Waals surface area contributed by atoms with Crippen LogP contribution in [0.2, 0.25) is 0 Å². The molecule has 3 heteroatoms. The molecule has 0 aliphatic carbocycles. The van der Waals surface area contributed by atoms with Crippen molar-refractivity contribution in [1.82, 2.24) is 0 Å². The van der Waals surface area contributed by atoms with Gasteiger partial charge in [-0.05, 0) is 23.6 Å². The predicted octanol–water partition coefficient (Wildman–Crippen LogP) is 4.30. The first-order chi connectivity index (χ1) is 9.75. The van der Waals surface area contributed by atoms with Crippen LogP contribution in [-0.4, -0.2) is 0 Å². The number of rotatable bonds is 7. The molecule has 0 spiro atoms. The molecule has 0 aromatic heterocycles. The zero-order valence-electron chi connectivity index (χ0n) is 11.5. The van der Waals surface area contributed by atoms with Gasteiger partial charge in [-0.15, -0.1) is 0 Å². The molecule has 0 aliphatic rings. The third-order valence-electron chi connectivity index (χ3n) is 2.84. The third kappa shape index (κ3) is 4.63. The van der Waals surface area contributed by atoms with Crippen LogP contribution in [0.5, 0.6) is 0 Å². The first kappa shape index (κ1) is 14.5. The molecular weight excluding hydrogens is 252 g/mol. The first-order valence-electron chi connectivity index (χ1n) is 6.45. The fourth-order valence-electron chi connectivity index (χ4n) is 1.68. The lowest BCUT2D eigenvalue weighted by Gasteiger charge is -2.05. The van der Waals surface area contributed by atoms with Gasteiger partial charge in [0.2, 0.25) is 0 Å². The highest BCUT2D eigenvalue weighted by atomic mass is 17.5. The van der Waals surface area contributed by atoms with Crippen LogP contribution < -0.4 is 0 Å². The van der Waals surface area contributed by atoms with Gasteiger partial charge in [-0.25, -0.2) is 9.78 Å². The maximum absolute atomic E-state index is 5.00. The molecule has 20 heavy (non-hydrogen) atoms. The zero-order valence-corrected chi connectivity index (χ0v) is 11.5. The minimum atomic E-state index is 0.339. The van der Waals surface area contributed by atoms with Crippen LogP contribution in [-0.2, 0) is 28.0 Å². The molecule has 0 saturated carbocycles. The summed E-state index contributed by atoms with van der Waals surface area (Å²) >= 11 is 0. The van der Waals surface area contributed by atoms with Crippen molar-refractivity contribution < 1.29 is 14.8 Å². The average molecular weight is 270 g/mol. The molecule has 2 aromatic rings. The third-order valence-corrected chi connectivity index (χ3v) is 2.84. The lowest BCUT2D eigenvalue weighted by atomic mass is 10.1. The van der Waals surface area contributed by atoms with Crippen molar-refractivity contribution in [3.63, 3.8) is 0 Å². The van der Waals surface area contributed by atoms with Gasteiger partial charge < -0.3 is 0 Å². The summed E-state index contributed by atoms with van der Waals surface area (Å²) in [7, 11) is 0. The molecule has 2 rings (SSSR count). The monoisotopic (exact) mass is 270 g/mol. The smallest absolute Gasteiger partial charge is 0.110 e.